The van der Waals surface area contributed by atoms with Gasteiger partial charge in [0, 0.05) is 11.4 Å². The summed E-state index contributed by atoms with van der Waals surface area (Å²) in [7, 11) is 0. The van der Waals surface area contributed by atoms with E-state index in [9.17, 15) is 0 Å². The van der Waals surface area contributed by atoms with Crippen LogP contribution in [-0.2, 0) is 13.0 Å². The molecule has 0 fully saturated rings. The quantitative estimate of drug-likeness (QED) is 0.690. The van der Waals surface area contributed by atoms with Gasteiger partial charge in [-0.15, -0.1) is 0 Å². The van der Waals surface area contributed by atoms with E-state index in [-0.39, 0.29) is 5.41 Å². The minimum absolute atomic E-state index is 0.283. The third-order valence-electron chi connectivity index (χ3n) is 2.93. The van der Waals surface area contributed by atoms with E-state index in [1.54, 1.807) is 0 Å². The van der Waals surface area contributed by atoms with E-state index in [2.05, 4.69) is 76.3 Å². The lowest BCUT2D eigenvalue weighted by atomic mass is 9.83. The zero-order valence-corrected chi connectivity index (χ0v) is 14.5. The Bertz CT molecular complexity index is 381. The Labute approximate surface area is 121 Å². The average molecular weight is 366 g/mol. The Kier molecular flexibility index (Phi) is 5.26. The van der Waals surface area contributed by atoms with Crippen LogP contribution < -0.4 is 0 Å². The second-order valence-corrected chi connectivity index (χ2v) is 7.84. The van der Waals surface area contributed by atoms with Gasteiger partial charge in [-0.25, -0.2) is 0 Å². The first-order chi connectivity index (χ1) is 7.76. The van der Waals surface area contributed by atoms with Gasteiger partial charge in [0.25, 0.3) is 0 Å². The normalized spacial score (nSPS) is 14.1. The maximum absolute atomic E-state index is 4.55. The van der Waals surface area contributed by atoms with Crippen molar-refractivity contribution in [3.8, 4) is 0 Å². The number of nitrogens with zero attached hydrogens (tertiary/aromatic N) is 2. The molecule has 1 unspecified atom stereocenters. The SMILES string of the molecule is CCn1nc(C)c(Br)c1CC(C)(C)CC(C)Br. The molecule has 0 aliphatic rings. The van der Waals surface area contributed by atoms with Crippen LogP contribution in [0.1, 0.15) is 45.5 Å². The molecule has 0 radical (unpaired) electrons. The molecule has 0 bridgehead atoms. The van der Waals surface area contributed by atoms with Gasteiger partial charge in [0.15, 0.2) is 0 Å². The molecule has 0 N–H and O–H groups in total. The van der Waals surface area contributed by atoms with Crippen LogP contribution in [0.25, 0.3) is 0 Å². The third-order valence-corrected chi connectivity index (χ3v) is 4.29. The summed E-state index contributed by atoms with van der Waals surface area (Å²) in [4.78, 5) is 0.551. The Morgan fingerprint density at radius 2 is 2.00 bits per heavy atom. The predicted octanol–water partition coefficient (Wildman–Crippen LogP) is 4.72. The maximum atomic E-state index is 4.55. The summed E-state index contributed by atoms with van der Waals surface area (Å²) >= 11 is 7.31. The Morgan fingerprint density at radius 1 is 1.41 bits per heavy atom. The zero-order valence-electron chi connectivity index (χ0n) is 11.3. The lowest BCUT2D eigenvalue weighted by Gasteiger charge is -2.26. The number of rotatable bonds is 5. The van der Waals surface area contributed by atoms with Crippen LogP contribution in [-0.4, -0.2) is 14.6 Å². The summed E-state index contributed by atoms with van der Waals surface area (Å²) in [5, 5.41) is 4.55. The molecule has 17 heavy (non-hydrogen) atoms. The number of hydrogen-bond donors (Lipinski definition) is 0. The van der Waals surface area contributed by atoms with Crippen LogP contribution in [0.15, 0.2) is 4.47 Å². The van der Waals surface area contributed by atoms with Crippen molar-refractivity contribution in [2.75, 3.05) is 0 Å². The molecule has 0 saturated heterocycles. The fourth-order valence-electron chi connectivity index (χ4n) is 2.32. The monoisotopic (exact) mass is 364 g/mol. The number of aryl methyl sites for hydroxylation is 2. The van der Waals surface area contributed by atoms with Crippen molar-refractivity contribution in [3.63, 3.8) is 0 Å². The highest BCUT2D eigenvalue weighted by Gasteiger charge is 2.24. The molecule has 0 saturated carbocycles. The number of alkyl halides is 1. The van der Waals surface area contributed by atoms with Crippen molar-refractivity contribution >= 4 is 31.9 Å². The lowest BCUT2D eigenvalue weighted by Crippen LogP contribution is -2.21. The molecule has 1 atom stereocenters. The number of hydrogen-bond acceptors (Lipinski definition) is 1. The van der Waals surface area contributed by atoms with Crippen LogP contribution in [0.3, 0.4) is 0 Å². The van der Waals surface area contributed by atoms with E-state index >= 15 is 0 Å². The first kappa shape index (κ1) is 15.2. The van der Waals surface area contributed by atoms with Gasteiger partial charge in [-0.2, -0.15) is 5.10 Å². The zero-order chi connectivity index (χ0) is 13.2. The van der Waals surface area contributed by atoms with E-state index in [4.69, 9.17) is 0 Å². The first-order valence-corrected chi connectivity index (χ1v) is 7.83. The predicted molar refractivity (Wildman–Crippen MR) is 80.8 cm³/mol. The molecule has 98 valence electrons. The van der Waals surface area contributed by atoms with Gasteiger partial charge in [-0.1, -0.05) is 36.7 Å². The third kappa shape index (κ3) is 4.09. The van der Waals surface area contributed by atoms with Gasteiger partial charge in [0.05, 0.1) is 15.9 Å². The van der Waals surface area contributed by atoms with Gasteiger partial charge in [0.1, 0.15) is 0 Å². The van der Waals surface area contributed by atoms with E-state index in [0.717, 1.165) is 25.1 Å². The molecule has 1 aromatic heterocycles. The lowest BCUT2D eigenvalue weighted by molar-refractivity contribution is 0.324. The van der Waals surface area contributed by atoms with Crippen LogP contribution in [0.2, 0.25) is 0 Å². The molecule has 0 amide bonds. The van der Waals surface area contributed by atoms with Crippen LogP contribution in [0.4, 0.5) is 0 Å². The first-order valence-electron chi connectivity index (χ1n) is 6.12. The van der Waals surface area contributed by atoms with Gasteiger partial charge in [-0.3, -0.25) is 4.68 Å². The van der Waals surface area contributed by atoms with Gasteiger partial charge in [-0.05, 0) is 48.0 Å². The summed E-state index contributed by atoms with van der Waals surface area (Å²) in [6, 6.07) is 0. The maximum Gasteiger partial charge on any atom is 0.0738 e. The molecule has 1 aromatic rings. The topological polar surface area (TPSA) is 17.8 Å². The van der Waals surface area contributed by atoms with Crippen molar-refractivity contribution in [1.29, 1.82) is 0 Å². The smallest absolute Gasteiger partial charge is 0.0738 e. The molecule has 2 nitrogen and oxygen atoms in total. The minimum atomic E-state index is 0.283. The van der Waals surface area contributed by atoms with Crippen LogP contribution in [0, 0.1) is 12.3 Å². The summed E-state index contributed by atoms with van der Waals surface area (Å²) in [6.45, 7) is 12.0. The minimum Gasteiger partial charge on any atom is -0.268 e. The van der Waals surface area contributed by atoms with Crippen molar-refractivity contribution < 1.29 is 0 Å². The van der Waals surface area contributed by atoms with E-state index in [1.165, 1.54) is 10.2 Å². The molecule has 0 aromatic carbocycles. The molecule has 0 aliphatic heterocycles. The summed E-state index contributed by atoms with van der Waals surface area (Å²) in [5.74, 6) is 0. The Hall–Kier alpha value is 0.170. The van der Waals surface area contributed by atoms with E-state index in [1.807, 2.05) is 0 Å². The van der Waals surface area contributed by atoms with Crippen molar-refractivity contribution in [2.45, 2.75) is 58.8 Å². The van der Waals surface area contributed by atoms with E-state index in [0.29, 0.717) is 4.83 Å². The summed E-state index contributed by atoms with van der Waals surface area (Å²) in [6.07, 6.45) is 2.21. The average Bonchev–Trinajstić information content (AvgIpc) is 2.43. The number of halogens is 2. The van der Waals surface area contributed by atoms with Crippen molar-refractivity contribution in [1.82, 2.24) is 9.78 Å². The molecular weight excluding hydrogens is 344 g/mol. The summed E-state index contributed by atoms with van der Waals surface area (Å²) < 4.78 is 3.29. The fourth-order valence-corrected chi connectivity index (χ4v) is 3.63. The van der Waals surface area contributed by atoms with Crippen molar-refractivity contribution in [2.24, 2.45) is 5.41 Å². The second kappa shape index (κ2) is 5.87. The number of aromatic nitrogens is 2. The van der Waals surface area contributed by atoms with Gasteiger partial charge >= 0.3 is 0 Å². The van der Waals surface area contributed by atoms with Crippen LogP contribution in [0.5, 0.6) is 0 Å². The van der Waals surface area contributed by atoms with Gasteiger partial charge < -0.3 is 0 Å². The molecular formula is C13H22Br2N2. The molecule has 1 rings (SSSR count). The van der Waals surface area contributed by atoms with Gasteiger partial charge in [0.2, 0.25) is 0 Å². The molecule has 0 aliphatic carbocycles. The molecule has 0 spiro atoms. The highest BCUT2D eigenvalue weighted by molar-refractivity contribution is 9.10. The van der Waals surface area contributed by atoms with E-state index < -0.39 is 0 Å². The molecule has 4 heteroatoms. The van der Waals surface area contributed by atoms with Crippen LogP contribution >= 0.6 is 31.9 Å². The Balaban J connectivity index is 2.94. The fraction of sp³-hybridized carbons (Fsp3) is 0.769. The highest BCUT2D eigenvalue weighted by Crippen LogP contribution is 2.33. The largest absolute Gasteiger partial charge is 0.268 e. The molecule has 1 heterocycles. The summed E-state index contributed by atoms with van der Waals surface area (Å²) in [5.41, 5.74) is 2.69. The highest BCUT2D eigenvalue weighted by atomic mass is 79.9. The Morgan fingerprint density at radius 3 is 2.47 bits per heavy atom. The van der Waals surface area contributed by atoms with Crippen molar-refractivity contribution in [3.05, 3.63) is 15.9 Å². The standard InChI is InChI=1S/C13H22Br2N2/c1-6-17-11(12(15)10(3)16-17)8-13(4,5)7-9(2)14/h9H,6-8H2,1-5H3. The second-order valence-electron chi connectivity index (χ2n) is 5.49.